The molecule has 0 aromatic heterocycles. The first-order valence-electron chi connectivity index (χ1n) is 7.85. The van der Waals surface area contributed by atoms with Crippen LogP contribution in [0.25, 0.3) is 0 Å². The molecule has 2 heterocycles. The maximum absolute atomic E-state index is 12.2. The smallest absolute Gasteiger partial charge is 0.285 e. The molecule has 2 aliphatic rings. The fraction of sp³-hybridized carbons (Fsp3) is 0.176. The molecule has 8 nitrogen and oxygen atoms in total. The van der Waals surface area contributed by atoms with Crippen molar-refractivity contribution in [1.29, 1.82) is 0 Å². The van der Waals surface area contributed by atoms with Gasteiger partial charge in [-0.1, -0.05) is 12.1 Å². The summed E-state index contributed by atoms with van der Waals surface area (Å²) in [6.07, 6.45) is 1.55. The molecule has 0 amide bonds. The van der Waals surface area contributed by atoms with Gasteiger partial charge in [0.1, 0.15) is 4.90 Å². The van der Waals surface area contributed by atoms with E-state index in [1.54, 1.807) is 42.6 Å². The van der Waals surface area contributed by atoms with Crippen molar-refractivity contribution in [2.24, 2.45) is 9.50 Å². The Bertz CT molecular complexity index is 1020. The summed E-state index contributed by atoms with van der Waals surface area (Å²) in [5.41, 5.74) is 1.20. The second kappa shape index (κ2) is 6.43. The Hall–Kier alpha value is -2.91. The molecule has 0 aliphatic carbocycles. The lowest BCUT2D eigenvalue weighted by molar-refractivity contribution is 0.174. The lowest BCUT2D eigenvalue weighted by Crippen LogP contribution is -2.28. The Balaban J connectivity index is 1.67. The summed E-state index contributed by atoms with van der Waals surface area (Å²) < 4.78 is 38.8. The van der Waals surface area contributed by atoms with Crippen LogP contribution in [0.5, 0.6) is 11.5 Å². The van der Waals surface area contributed by atoms with Gasteiger partial charge in [0.2, 0.25) is 6.79 Å². The van der Waals surface area contributed by atoms with E-state index in [-0.39, 0.29) is 30.7 Å². The van der Waals surface area contributed by atoms with Crippen LogP contribution in [0.2, 0.25) is 0 Å². The number of aliphatic hydroxyl groups is 1. The van der Waals surface area contributed by atoms with Crippen LogP contribution < -0.4 is 9.47 Å². The second-order valence-electron chi connectivity index (χ2n) is 5.59. The molecular weight excluding hydrogens is 358 g/mol. The van der Waals surface area contributed by atoms with E-state index in [1.807, 2.05) is 0 Å². The minimum absolute atomic E-state index is 0.101. The molecule has 134 valence electrons. The van der Waals surface area contributed by atoms with E-state index >= 15 is 0 Å². The van der Waals surface area contributed by atoms with Crippen molar-refractivity contribution in [3.05, 3.63) is 53.6 Å². The number of fused-ring (bicyclic) bond motifs is 2. The van der Waals surface area contributed by atoms with E-state index in [9.17, 15) is 13.5 Å². The Morgan fingerprint density at radius 2 is 2.00 bits per heavy atom. The predicted octanol–water partition coefficient (Wildman–Crippen LogP) is 1.19. The van der Waals surface area contributed by atoms with Gasteiger partial charge in [-0.05, 0) is 35.9 Å². The van der Waals surface area contributed by atoms with Gasteiger partial charge in [0.15, 0.2) is 17.3 Å². The molecule has 0 atom stereocenters. The number of rotatable bonds is 4. The average Bonchev–Trinajstić information content (AvgIpc) is 3.21. The standard InChI is InChI=1S/C17H15N3O5S/c21-8-7-20(17-13-3-1-2-4-16(13)26(22,23)19-17)18-10-12-5-6-14-15(9-12)25-11-24-14/h1-6,9-10,21H,7-8,11H2/b18-10+. The maximum atomic E-state index is 12.2. The molecule has 1 N–H and O–H groups in total. The Kier molecular flexibility index (Phi) is 4.09. The lowest BCUT2D eigenvalue weighted by atomic mass is 10.2. The summed E-state index contributed by atoms with van der Waals surface area (Å²) in [5, 5.41) is 15.0. The van der Waals surface area contributed by atoms with Crippen molar-refractivity contribution >= 4 is 22.1 Å². The summed E-state index contributed by atoms with van der Waals surface area (Å²) in [6.45, 7) is 0.0709. The highest BCUT2D eigenvalue weighted by molar-refractivity contribution is 7.90. The highest BCUT2D eigenvalue weighted by atomic mass is 32.2. The monoisotopic (exact) mass is 373 g/mol. The average molecular weight is 373 g/mol. The molecule has 2 aliphatic heterocycles. The van der Waals surface area contributed by atoms with Gasteiger partial charge in [0, 0.05) is 5.56 Å². The van der Waals surface area contributed by atoms with Crippen LogP contribution in [0.3, 0.4) is 0 Å². The number of ether oxygens (including phenoxy) is 2. The molecule has 4 rings (SSSR count). The van der Waals surface area contributed by atoms with E-state index in [4.69, 9.17) is 9.47 Å². The van der Waals surface area contributed by atoms with Gasteiger partial charge in [-0.15, -0.1) is 4.40 Å². The largest absolute Gasteiger partial charge is 0.454 e. The first-order chi connectivity index (χ1) is 12.6. The molecule has 26 heavy (non-hydrogen) atoms. The molecule has 0 unspecified atom stereocenters. The second-order valence-corrected chi connectivity index (χ2v) is 7.16. The molecule has 9 heteroatoms. The number of hydrogen-bond acceptors (Lipinski definition) is 7. The van der Waals surface area contributed by atoms with Crippen LogP contribution in [0.4, 0.5) is 0 Å². The number of hydrazone groups is 1. The third kappa shape index (κ3) is 2.91. The highest BCUT2D eigenvalue weighted by Crippen LogP contribution is 2.32. The Labute approximate surface area is 150 Å². The van der Waals surface area contributed by atoms with Gasteiger partial charge >= 0.3 is 0 Å². The predicted molar refractivity (Wildman–Crippen MR) is 94.1 cm³/mol. The van der Waals surface area contributed by atoms with Crippen LogP contribution in [0.1, 0.15) is 11.1 Å². The fourth-order valence-corrected chi connectivity index (χ4v) is 3.92. The third-order valence-corrected chi connectivity index (χ3v) is 5.24. The minimum atomic E-state index is -3.75. The first kappa shape index (κ1) is 16.6. The highest BCUT2D eigenvalue weighted by Gasteiger charge is 2.31. The molecule has 0 saturated heterocycles. The lowest BCUT2D eigenvalue weighted by Gasteiger charge is -2.17. The number of hydrogen-bond donors (Lipinski definition) is 1. The molecule has 0 saturated carbocycles. The summed E-state index contributed by atoms with van der Waals surface area (Å²) >= 11 is 0. The van der Waals surface area contributed by atoms with Gasteiger partial charge in [0.25, 0.3) is 10.0 Å². The molecule has 2 aromatic carbocycles. The number of sulfonamides is 1. The molecule has 0 spiro atoms. The summed E-state index contributed by atoms with van der Waals surface area (Å²) in [5.74, 6) is 1.47. The zero-order valence-corrected chi connectivity index (χ0v) is 14.4. The summed E-state index contributed by atoms with van der Waals surface area (Å²) in [7, 11) is -3.75. The van der Waals surface area contributed by atoms with Crippen LogP contribution in [-0.2, 0) is 10.0 Å². The van der Waals surface area contributed by atoms with E-state index in [0.29, 0.717) is 17.1 Å². The zero-order valence-electron chi connectivity index (χ0n) is 13.6. The quantitative estimate of drug-likeness (QED) is 0.638. The van der Waals surface area contributed by atoms with Crippen molar-refractivity contribution in [2.75, 3.05) is 19.9 Å². The first-order valence-corrected chi connectivity index (χ1v) is 9.29. The number of benzene rings is 2. The van der Waals surface area contributed by atoms with E-state index in [1.165, 1.54) is 11.1 Å². The van der Waals surface area contributed by atoms with Crippen molar-refractivity contribution in [3.8, 4) is 11.5 Å². The zero-order chi connectivity index (χ0) is 18.1. The van der Waals surface area contributed by atoms with E-state index < -0.39 is 10.0 Å². The maximum Gasteiger partial charge on any atom is 0.285 e. The van der Waals surface area contributed by atoms with Crippen molar-refractivity contribution in [2.45, 2.75) is 4.90 Å². The number of aliphatic hydroxyl groups excluding tert-OH is 1. The fourth-order valence-electron chi connectivity index (χ4n) is 2.72. The van der Waals surface area contributed by atoms with Gasteiger partial charge in [-0.2, -0.15) is 13.5 Å². The van der Waals surface area contributed by atoms with Crippen molar-refractivity contribution in [3.63, 3.8) is 0 Å². The molecule has 0 radical (unpaired) electrons. The van der Waals surface area contributed by atoms with Crippen LogP contribution in [0.15, 0.2) is 56.9 Å². The SMILES string of the molecule is O=S1(=O)N=C(N(CCO)/N=C/c2ccc3c(c2)OCO3)c2ccccc21. The van der Waals surface area contributed by atoms with E-state index in [2.05, 4.69) is 9.50 Å². The molecule has 0 bridgehead atoms. The summed E-state index contributed by atoms with van der Waals surface area (Å²) in [4.78, 5) is 0.135. The topological polar surface area (TPSA) is 101 Å². The van der Waals surface area contributed by atoms with Gasteiger partial charge in [0.05, 0.1) is 19.4 Å². The van der Waals surface area contributed by atoms with Crippen LogP contribution in [0, 0.1) is 0 Å². The third-order valence-electron chi connectivity index (χ3n) is 3.91. The van der Waals surface area contributed by atoms with E-state index in [0.717, 1.165) is 5.56 Å². The Morgan fingerprint density at radius 1 is 1.19 bits per heavy atom. The van der Waals surface area contributed by atoms with Crippen LogP contribution in [-0.4, -0.2) is 50.5 Å². The number of nitrogens with zero attached hydrogens (tertiary/aromatic N) is 3. The van der Waals surface area contributed by atoms with Gasteiger partial charge in [-0.3, -0.25) is 0 Å². The van der Waals surface area contributed by atoms with Crippen molar-refractivity contribution < 1.29 is 23.0 Å². The van der Waals surface area contributed by atoms with Crippen molar-refractivity contribution in [1.82, 2.24) is 5.01 Å². The minimum Gasteiger partial charge on any atom is -0.454 e. The normalized spacial score (nSPS) is 16.6. The molecule has 2 aromatic rings. The molecular formula is C17H15N3O5S. The summed E-state index contributed by atoms with van der Waals surface area (Å²) in [6, 6.07) is 11.9. The Morgan fingerprint density at radius 3 is 2.85 bits per heavy atom. The van der Waals surface area contributed by atoms with Gasteiger partial charge < -0.3 is 14.6 Å². The molecule has 0 fully saturated rings. The van der Waals surface area contributed by atoms with Gasteiger partial charge in [-0.25, -0.2) is 5.01 Å². The van der Waals surface area contributed by atoms with Crippen LogP contribution >= 0.6 is 0 Å². The number of amidine groups is 1.